The number of likely N-dealkylation sites (N-methyl/N-ethyl adjacent to an activating group) is 1. The monoisotopic (exact) mass is 319 g/mol. The van der Waals surface area contributed by atoms with E-state index in [1.165, 1.54) is 19.3 Å². The first-order valence-corrected chi connectivity index (χ1v) is 8.15. The van der Waals surface area contributed by atoms with E-state index in [0.29, 0.717) is 12.5 Å². The molecular formula is C18H25NO4. The second-order valence-corrected chi connectivity index (χ2v) is 6.36. The number of rotatable bonds is 6. The molecule has 1 aromatic rings. The molecule has 1 aliphatic carbocycles. The molecule has 1 N–H and O–H groups in total. The predicted molar refractivity (Wildman–Crippen MR) is 87.2 cm³/mol. The summed E-state index contributed by atoms with van der Waals surface area (Å²) in [5.41, 5.74) is 1.15. The van der Waals surface area contributed by atoms with Crippen molar-refractivity contribution in [1.29, 1.82) is 0 Å². The normalized spacial score (nSPS) is 21.0. The van der Waals surface area contributed by atoms with Crippen molar-refractivity contribution < 1.29 is 19.4 Å². The number of ether oxygens (including phenoxy) is 1. The van der Waals surface area contributed by atoms with Gasteiger partial charge in [-0.1, -0.05) is 31.9 Å². The van der Waals surface area contributed by atoms with E-state index in [1.54, 1.807) is 36.2 Å². The number of aromatic carboxylic acids is 1. The number of nitrogens with zero attached hydrogens (tertiary/aromatic N) is 1. The first-order chi connectivity index (χ1) is 11.0. The van der Waals surface area contributed by atoms with Crippen LogP contribution < -0.4 is 0 Å². The molecule has 2 unspecified atom stereocenters. The lowest BCUT2D eigenvalue weighted by Gasteiger charge is -2.29. The molecule has 23 heavy (non-hydrogen) atoms. The molecule has 0 saturated heterocycles. The molecule has 1 aromatic carbocycles. The highest BCUT2D eigenvalue weighted by atomic mass is 16.5. The lowest BCUT2D eigenvalue weighted by atomic mass is 9.88. The van der Waals surface area contributed by atoms with Gasteiger partial charge in [-0.2, -0.15) is 0 Å². The van der Waals surface area contributed by atoms with Crippen molar-refractivity contribution in [3.8, 4) is 0 Å². The van der Waals surface area contributed by atoms with E-state index in [1.807, 2.05) is 0 Å². The van der Waals surface area contributed by atoms with Gasteiger partial charge in [0.2, 0.25) is 5.91 Å². The van der Waals surface area contributed by atoms with Gasteiger partial charge in [-0.25, -0.2) is 4.79 Å². The first-order valence-electron chi connectivity index (χ1n) is 8.15. The number of carboxylic acid groups (broad SMARTS) is 1. The van der Waals surface area contributed by atoms with Crippen molar-refractivity contribution in [2.24, 2.45) is 5.92 Å². The molecule has 0 radical (unpaired) electrons. The van der Waals surface area contributed by atoms with Crippen molar-refractivity contribution in [2.45, 2.75) is 45.3 Å². The van der Waals surface area contributed by atoms with Crippen LogP contribution >= 0.6 is 0 Å². The van der Waals surface area contributed by atoms with Gasteiger partial charge < -0.3 is 14.7 Å². The van der Waals surface area contributed by atoms with Crippen LogP contribution in [0.4, 0.5) is 0 Å². The Balaban J connectivity index is 1.81. The Labute approximate surface area is 137 Å². The van der Waals surface area contributed by atoms with E-state index >= 15 is 0 Å². The molecule has 0 heterocycles. The number of carboxylic acids is 1. The fourth-order valence-corrected chi connectivity index (χ4v) is 2.93. The highest BCUT2D eigenvalue weighted by molar-refractivity contribution is 5.87. The van der Waals surface area contributed by atoms with E-state index in [-0.39, 0.29) is 24.2 Å². The molecule has 126 valence electrons. The Morgan fingerprint density at radius 2 is 1.87 bits per heavy atom. The molecule has 0 bridgehead atoms. The van der Waals surface area contributed by atoms with Crippen LogP contribution in [0.3, 0.4) is 0 Å². The molecule has 1 fully saturated rings. The quantitative estimate of drug-likeness (QED) is 0.875. The van der Waals surface area contributed by atoms with Crippen LogP contribution in [0.2, 0.25) is 0 Å². The third kappa shape index (κ3) is 5.06. The summed E-state index contributed by atoms with van der Waals surface area (Å²) in [6.07, 6.45) is 4.83. The summed E-state index contributed by atoms with van der Waals surface area (Å²) in [7, 11) is 1.74. The smallest absolute Gasteiger partial charge is 0.335 e. The van der Waals surface area contributed by atoms with E-state index in [4.69, 9.17) is 9.84 Å². The van der Waals surface area contributed by atoms with Crippen molar-refractivity contribution in [2.75, 3.05) is 13.7 Å². The maximum Gasteiger partial charge on any atom is 0.335 e. The van der Waals surface area contributed by atoms with Crippen LogP contribution in [0.15, 0.2) is 24.3 Å². The molecular weight excluding hydrogens is 294 g/mol. The van der Waals surface area contributed by atoms with Gasteiger partial charge in [0.1, 0.15) is 6.61 Å². The molecule has 5 heteroatoms. The summed E-state index contributed by atoms with van der Waals surface area (Å²) in [6, 6.07) is 6.57. The molecule has 0 aliphatic heterocycles. The number of hydrogen-bond acceptors (Lipinski definition) is 3. The van der Waals surface area contributed by atoms with Gasteiger partial charge >= 0.3 is 5.97 Å². The van der Waals surface area contributed by atoms with E-state index in [9.17, 15) is 9.59 Å². The summed E-state index contributed by atoms with van der Waals surface area (Å²) >= 11 is 0. The molecule has 2 rings (SSSR count). The van der Waals surface area contributed by atoms with Crippen LogP contribution in [-0.2, 0) is 16.1 Å². The molecule has 0 spiro atoms. The fourth-order valence-electron chi connectivity index (χ4n) is 2.93. The third-order valence-electron chi connectivity index (χ3n) is 4.50. The highest BCUT2D eigenvalue weighted by Crippen LogP contribution is 2.26. The van der Waals surface area contributed by atoms with Gasteiger partial charge in [0.25, 0.3) is 0 Å². The minimum Gasteiger partial charge on any atom is -0.478 e. The molecule has 1 saturated carbocycles. The second kappa shape index (κ2) is 8.11. The average Bonchev–Trinajstić information content (AvgIpc) is 2.54. The SMILES string of the molecule is CC1CCCCC1OCC(=O)N(C)Cc1ccc(C(=O)O)cc1. The van der Waals surface area contributed by atoms with Crippen LogP contribution in [0.25, 0.3) is 0 Å². The van der Waals surface area contributed by atoms with Crippen LogP contribution in [-0.4, -0.2) is 41.6 Å². The number of carbonyl (C=O) groups excluding carboxylic acids is 1. The van der Waals surface area contributed by atoms with Gasteiger partial charge in [0.15, 0.2) is 0 Å². The summed E-state index contributed by atoms with van der Waals surface area (Å²) in [4.78, 5) is 24.6. The summed E-state index contributed by atoms with van der Waals surface area (Å²) < 4.78 is 5.80. The maximum absolute atomic E-state index is 12.2. The minimum atomic E-state index is -0.948. The number of amides is 1. The third-order valence-corrected chi connectivity index (χ3v) is 4.50. The number of benzene rings is 1. The van der Waals surface area contributed by atoms with Crippen LogP contribution in [0.1, 0.15) is 48.5 Å². The summed E-state index contributed by atoms with van der Waals surface area (Å²) in [5, 5.41) is 8.88. The van der Waals surface area contributed by atoms with E-state index < -0.39 is 5.97 Å². The Bertz CT molecular complexity index is 540. The van der Waals surface area contributed by atoms with Gasteiger partial charge in [-0.3, -0.25) is 4.79 Å². The van der Waals surface area contributed by atoms with Crippen molar-refractivity contribution in [3.05, 3.63) is 35.4 Å². The maximum atomic E-state index is 12.2. The van der Waals surface area contributed by atoms with Crippen LogP contribution in [0, 0.1) is 5.92 Å². The average molecular weight is 319 g/mol. The van der Waals surface area contributed by atoms with Gasteiger partial charge in [-0.15, -0.1) is 0 Å². The molecule has 5 nitrogen and oxygen atoms in total. The zero-order valence-electron chi connectivity index (χ0n) is 13.8. The van der Waals surface area contributed by atoms with Crippen LogP contribution in [0.5, 0.6) is 0 Å². The van der Waals surface area contributed by atoms with Gasteiger partial charge in [-0.05, 0) is 36.5 Å². The molecule has 1 amide bonds. The molecule has 0 aromatic heterocycles. The minimum absolute atomic E-state index is 0.0508. The predicted octanol–water partition coefficient (Wildman–Crippen LogP) is 2.94. The Kier molecular flexibility index (Phi) is 6.16. The lowest BCUT2D eigenvalue weighted by Crippen LogP contribution is -2.34. The van der Waals surface area contributed by atoms with Crippen molar-refractivity contribution >= 4 is 11.9 Å². The van der Waals surface area contributed by atoms with Gasteiger partial charge in [0.05, 0.1) is 11.7 Å². The fraction of sp³-hybridized carbons (Fsp3) is 0.556. The lowest BCUT2D eigenvalue weighted by molar-refractivity contribution is -0.139. The van der Waals surface area contributed by atoms with Crippen molar-refractivity contribution in [1.82, 2.24) is 4.90 Å². The van der Waals surface area contributed by atoms with E-state index in [0.717, 1.165) is 12.0 Å². The standard InChI is InChI=1S/C18H25NO4/c1-13-5-3-4-6-16(13)23-12-17(20)19(2)11-14-7-9-15(10-8-14)18(21)22/h7-10,13,16H,3-6,11-12H2,1-2H3,(H,21,22). The summed E-state index contributed by atoms with van der Waals surface area (Å²) in [6.45, 7) is 2.74. The van der Waals surface area contributed by atoms with Gasteiger partial charge in [0, 0.05) is 13.6 Å². The molecule has 2 atom stereocenters. The summed E-state index contributed by atoms with van der Waals surface area (Å²) in [5.74, 6) is -0.480. The second-order valence-electron chi connectivity index (χ2n) is 6.36. The Hall–Kier alpha value is -1.88. The Morgan fingerprint density at radius 3 is 2.48 bits per heavy atom. The van der Waals surface area contributed by atoms with E-state index in [2.05, 4.69) is 6.92 Å². The highest BCUT2D eigenvalue weighted by Gasteiger charge is 2.23. The number of carbonyl (C=O) groups is 2. The topological polar surface area (TPSA) is 66.8 Å². The largest absolute Gasteiger partial charge is 0.478 e. The zero-order valence-corrected chi connectivity index (χ0v) is 13.8. The zero-order chi connectivity index (χ0) is 16.8. The first kappa shape index (κ1) is 17.5. The van der Waals surface area contributed by atoms with Crippen molar-refractivity contribution in [3.63, 3.8) is 0 Å². The molecule has 1 aliphatic rings. The Morgan fingerprint density at radius 1 is 1.22 bits per heavy atom. The number of hydrogen-bond donors (Lipinski definition) is 1.